The highest BCUT2D eigenvalue weighted by molar-refractivity contribution is 5.92. The van der Waals surface area contributed by atoms with Crippen LogP contribution in [0.2, 0.25) is 0 Å². The molecule has 1 aromatic carbocycles. The number of ketones is 1. The number of benzene rings is 1. The van der Waals surface area contributed by atoms with E-state index in [4.69, 9.17) is 9.47 Å². The number of carbonyl (C=O) groups excluding carboxylic acids is 2. The monoisotopic (exact) mass is 496 g/mol. The minimum absolute atomic E-state index is 0.0333. The maximum atomic E-state index is 14.6. The zero-order chi connectivity index (χ0) is 26.4. The van der Waals surface area contributed by atoms with E-state index in [9.17, 15) is 19.8 Å². The molecule has 2 N–H and O–H groups in total. The molecule has 0 aromatic heterocycles. The van der Waals surface area contributed by atoms with E-state index in [-0.39, 0.29) is 24.2 Å². The number of hydrogen-bond donors (Lipinski definition) is 2. The summed E-state index contributed by atoms with van der Waals surface area (Å²) in [6.45, 7) is 14.3. The summed E-state index contributed by atoms with van der Waals surface area (Å²) in [5.74, 6) is -1.44. The summed E-state index contributed by atoms with van der Waals surface area (Å²) in [7, 11) is 0. The molecule has 0 spiro atoms. The first kappa shape index (κ1) is 25.6. The second-order valence-electron chi connectivity index (χ2n) is 12.8. The summed E-state index contributed by atoms with van der Waals surface area (Å²) >= 11 is 0. The van der Waals surface area contributed by atoms with Gasteiger partial charge in [0.25, 0.3) is 0 Å². The lowest BCUT2D eigenvalue weighted by Gasteiger charge is -2.68. The zero-order valence-corrected chi connectivity index (χ0v) is 22.5. The van der Waals surface area contributed by atoms with E-state index in [1.807, 2.05) is 40.7 Å². The summed E-state index contributed by atoms with van der Waals surface area (Å²) in [4.78, 5) is 28.1. The van der Waals surface area contributed by atoms with Crippen molar-refractivity contribution in [2.75, 3.05) is 6.61 Å². The topological polar surface area (TPSA) is 93.1 Å². The predicted octanol–water partition coefficient (Wildman–Crippen LogP) is 4.34. The Kier molecular flexibility index (Phi) is 5.69. The van der Waals surface area contributed by atoms with Crippen molar-refractivity contribution in [2.45, 2.75) is 85.2 Å². The smallest absolute Gasteiger partial charge is 0.338 e. The van der Waals surface area contributed by atoms with Crippen molar-refractivity contribution in [1.82, 2.24) is 0 Å². The zero-order valence-electron chi connectivity index (χ0n) is 22.5. The molecule has 9 atom stereocenters. The Bertz CT molecular complexity index is 1120. The van der Waals surface area contributed by atoms with Gasteiger partial charge in [0.2, 0.25) is 0 Å². The Morgan fingerprint density at radius 1 is 1.11 bits per heavy atom. The molecule has 2 saturated carbocycles. The second kappa shape index (κ2) is 7.99. The molecule has 1 unspecified atom stereocenters. The Morgan fingerprint density at radius 2 is 1.75 bits per heavy atom. The van der Waals surface area contributed by atoms with Crippen molar-refractivity contribution in [3.63, 3.8) is 0 Å². The lowest BCUT2D eigenvalue weighted by molar-refractivity contribution is -0.305. The Hall–Kier alpha value is -2.02. The number of aliphatic hydroxyl groups is 2. The van der Waals surface area contributed by atoms with Gasteiger partial charge >= 0.3 is 5.97 Å². The fourth-order valence-corrected chi connectivity index (χ4v) is 8.46. The van der Waals surface area contributed by atoms with Crippen LogP contribution in [0.4, 0.5) is 0 Å². The van der Waals surface area contributed by atoms with Gasteiger partial charge in [-0.15, -0.1) is 0 Å². The predicted molar refractivity (Wildman–Crippen MR) is 135 cm³/mol. The molecule has 2 bridgehead atoms. The van der Waals surface area contributed by atoms with Crippen LogP contribution in [0.3, 0.4) is 0 Å². The summed E-state index contributed by atoms with van der Waals surface area (Å²) < 4.78 is 12.4. The second-order valence-corrected chi connectivity index (χ2v) is 12.8. The van der Waals surface area contributed by atoms with Crippen molar-refractivity contribution < 1.29 is 29.3 Å². The van der Waals surface area contributed by atoms with Gasteiger partial charge in [-0.1, -0.05) is 59.7 Å². The first-order valence-electron chi connectivity index (χ1n) is 13.2. The summed E-state index contributed by atoms with van der Waals surface area (Å²) in [6.07, 6.45) is -1.26. The summed E-state index contributed by atoms with van der Waals surface area (Å²) in [6, 6.07) is 8.77. The van der Waals surface area contributed by atoms with Crippen molar-refractivity contribution in [2.24, 2.45) is 34.0 Å². The molecule has 6 heteroatoms. The number of hydrogen-bond acceptors (Lipinski definition) is 6. The highest BCUT2D eigenvalue weighted by Crippen LogP contribution is 2.67. The molecule has 1 saturated heterocycles. The van der Waals surface area contributed by atoms with Gasteiger partial charge < -0.3 is 19.7 Å². The molecule has 3 fully saturated rings. The van der Waals surface area contributed by atoms with Crippen LogP contribution in [0, 0.1) is 34.0 Å². The third-order valence-corrected chi connectivity index (χ3v) is 10.8. The van der Waals surface area contributed by atoms with Gasteiger partial charge in [-0.05, 0) is 42.5 Å². The highest BCUT2D eigenvalue weighted by Gasteiger charge is 2.73. The minimum Gasteiger partial charge on any atom is -0.455 e. The van der Waals surface area contributed by atoms with E-state index in [1.165, 1.54) is 0 Å². The first-order chi connectivity index (χ1) is 16.7. The molecule has 0 radical (unpaired) electrons. The molecule has 4 aliphatic rings. The molecule has 6 nitrogen and oxygen atoms in total. The Balaban J connectivity index is 1.78. The Morgan fingerprint density at radius 3 is 2.33 bits per heavy atom. The molecule has 5 rings (SSSR count). The SMILES string of the molecule is CC1=C2[C@@H](C)C(=O)[C@@]3(C)C([C@H](OC(=O)c4ccccc4)[C@](O)(C[C@@H]1O)C2(C)C)[C@]1(C)CO[C@@H]1C[C@@H]3C. The number of Topliss-reactive ketones (excluding diaryl/α,β-unsaturated/α-hetero) is 1. The van der Waals surface area contributed by atoms with Gasteiger partial charge in [0.15, 0.2) is 0 Å². The largest absolute Gasteiger partial charge is 0.455 e. The van der Waals surface area contributed by atoms with Gasteiger partial charge in [0, 0.05) is 34.5 Å². The molecule has 36 heavy (non-hydrogen) atoms. The van der Waals surface area contributed by atoms with E-state index in [1.54, 1.807) is 24.3 Å². The van der Waals surface area contributed by atoms with E-state index in [2.05, 4.69) is 13.8 Å². The van der Waals surface area contributed by atoms with Crippen LogP contribution in [-0.4, -0.2) is 52.5 Å². The van der Waals surface area contributed by atoms with Crippen LogP contribution >= 0.6 is 0 Å². The van der Waals surface area contributed by atoms with Gasteiger partial charge in [-0.3, -0.25) is 4.79 Å². The maximum absolute atomic E-state index is 14.6. The lowest BCUT2D eigenvalue weighted by atomic mass is 9.40. The standard InChI is InChI=1S/C30H40O6/c1-16-13-21-28(6,15-35-21)23-25(36-26(33)19-11-9-8-10-12-19)30(34)14-20(31)17(2)22(27(30,4)5)18(3)24(32)29(16,23)7/h8-12,16,18,20-21,23,25,31,34H,13-15H2,1-7H3/t16-,18+,20-,21+,23?,25-,28+,29+,30+/m0/s1. The summed E-state index contributed by atoms with van der Waals surface area (Å²) in [5.41, 5.74) is -1.92. The summed E-state index contributed by atoms with van der Waals surface area (Å²) in [5, 5.41) is 23.9. The van der Waals surface area contributed by atoms with Crippen molar-refractivity contribution >= 4 is 11.8 Å². The number of fused-ring (bicyclic) bond motifs is 5. The Labute approximate surface area is 214 Å². The number of carbonyl (C=O) groups is 2. The van der Waals surface area contributed by atoms with Crippen LogP contribution in [0.25, 0.3) is 0 Å². The van der Waals surface area contributed by atoms with E-state index in [0.717, 1.165) is 17.6 Å². The fraction of sp³-hybridized carbons (Fsp3) is 0.667. The number of ether oxygens (including phenoxy) is 2. The van der Waals surface area contributed by atoms with Crippen molar-refractivity contribution in [3.05, 3.63) is 47.0 Å². The average Bonchev–Trinajstić information content (AvgIpc) is 2.83. The van der Waals surface area contributed by atoms with Crippen molar-refractivity contribution in [1.29, 1.82) is 0 Å². The molecular weight excluding hydrogens is 456 g/mol. The maximum Gasteiger partial charge on any atom is 0.338 e. The fourth-order valence-electron chi connectivity index (χ4n) is 8.46. The first-order valence-corrected chi connectivity index (χ1v) is 13.2. The van der Waals surface area contributed by atoms with Gasteiger partial charge in [0.1, 0.15) is 17.5 Å². The average molecular weight is 497 g/mol. The molecule has 0 amide bonds. The van der Waals surface area contributed by atoms with Crippen LogP contribution < -0.4 is 0 Å². The number of esters is 1. The van der Waals surface area contributed by atoms with Gasteiger partial charge in [-0.25, -0.2) is 4.79 Å². The van der Waals surface area contributed by atoms with Crippen LogP contribution in [0.5, 0.6) is 0 Å². The minimum atomic E-state index is -1.59. The van der Waals surface area contributed by atoms with Crippen LogP contribution in [-0.2, 0) is 14.3 Å². The molecule has 3 aliphatic carbocycles. The van der Waals surface area contributed by atoms with Crippen LogP contribution in [0.1, 0.15) is 71.7 Å². The van der Waals surface area contributed by atoms with Crippen molar-refractivity contribution in [3.8, 4) is 0 Å². The number of aliphatic hydroxyl groups excluding tert-OH is 1. The number of rotatable bonds is 2. The van der Waals surface area contributed by atoms with E-state index < -0.39 is 51.9 Å². The van der Waals surface area contributed by atoms with Gasteiger partial charge in [-0.2, -0.15) is 0 Å². The van der Waals surface area contributed by atoms with E-state index >= 15 is 0 Å². The lowest BCUT2D eigenvalue weighted by Crippen LogP contribution is -2.76. The van der Waals surface area contributed by atoms with Crippen LogP contribution in [0.15, 0.2) is 41.5 Å². The quantitative estimate of drug-likeness (QED) is 0.468. The third kappa shape index (κ3) is 3.07. The molecule has 1 heterocycles. The van der Waals surface area contributed by atoms with Gasteiger partial charge in [0.05, 0.1) is 24.4 Å². The van der Waals surface area contributed by atoms with E-state index in [0.29, 0.717) is 12.2 Å². The molecular formula is C30H40O6. The third-order valence-electron chi connectivity index (χ3n) is 10.8. The normalized spacial score (nSPS) is 45.5. The molecule has 1 aromatic rings. The molecule has 196 valence electrons. The highest BCUT2D eigenvalue weighted by atomic mass is 16.6. The molecule has 1 aliphatic heterocycles.